The van der Waals surface area contributed by atoms with Gasteiger partial charge < -0.3 is 4.74 Å². The number of pyridine rings is 1. The molecule has 0 aliphatic heterocycles. The number of nitrogens with one attached hydrogen (secondary N) is 1. The maximum absolute atomic E-state index is 12.7. The smallest absolute Gasteiger partial charge is 0.264 e. The highest BCUT2D eigenvalue weighted by Crippen LogP contribution is 2.29. The van der Waals surface area contributed by atoms with E-state index in [2.05, 4.69) is 16.6 Å². The molecule has 0 saturated carbocycles. The maximum Gasteiger partial charge on any atom is 0.264 e. The van der Waals surface area contributed by atoms with Crippen LogP contribution in [-0.2, 0) is 14.8 Å². The molecule has 0 fully saturated rings. The van der Waals surface area contributed by atoms with Gasteiger partial charge in [0.25, 0.3) is 10.0 Å². The number of rotatable bonds is 12. The number of fused-ring (bicyclic) bond motifs is 1. The van der Waals surface area contributed by atoms with Crippen molar-refractivity contribution in [2.24, 2.45) is 0 Å². The fourth-order valence-corrected chi connectivity index (χ4v) is 4.34. The molecule has 0 aliphatic rings. The summed E-state index contributed by atoms with van der Waals surface area (Å²) in [5.74, 6) is 0.0472. The van der Waals surface area contributed by atoms with E-state index in [0.717, 1.165) is 12.8 Å². The highest BCUT2D eigenvalue weighted by atomic mass is 32.2. The number of benzene rings is 1. The predicted molar refractivity (Wildman–Crippen MR) is 111 cm³/mol. The molecular weight excluding hydrogens is 376 g/mol. The molecule has 28 heavy (non-hydrogen) atoms. The van der Waals surface area contributed by atoms with Crippen LogP contribution in [-0.4, -0.2) is 25.9 Å². The van der Waals surface area contributed by atoms with Crippen molar-refractivity contribution in [1.82, 2.24) is 9.71 Å². The van der Waals surface area contributed by atoms with Crippen LogP contribution in [0.15, 0.2) is 35.4 Å². The number of carbonyl (C=O) groups is 1. The van der Waals surface area contributed by atoms with Gasteiger partial charge in [-0.15, -0.1) is 0 Å². The molecule has 0 spiro atoms. The van der Waals surface area contributed by atoms with Crippen LogP contribution < -0.4 is 9.46 Å². The minimum absolute atomic E-state index is 0.0342. The average molecular weight is 407 g/mol. The third-order valence-corrected chi connectivity index (χ3v) is 5.97. The summed E-state index contributed by atoms with van der Waals surface area (Å²) in [6.07, 6.45) is 9.33. The second kappa shape index (κ2) is 11.0. The Labute approximate surface area is 167 Å². The predicted octanol–water partition coefficient (Wildman–Crippen LogP) is 4.58. The number of sulfonamides is 1. The first-order valence-corrected chi connectivity index (χ1v) is 11.5. The lowest BCUT2D eigenvalue weighted by Gasteiger charge is -2.12. The summed E-state index contributed by atoms with van der Waals surface area (Å²) >= 11 is 0. The molecule has 1 heterocycles. The number of carbonyl (C=O) groups excluding carboxylic acids is 1. The van der Waals surface area contributed by atoms with Gasteiger partial charge in [0.2, 0.25) is 5.91 Å². The monoisotopic (exact) mass is 406 g/mol. The SMILES string of the molecule is CCCCCCCCCC(=O)NS(=O)(=O)c1ccc(OCC)c2ncccc12. The van der Waals surface area contributed by atoms with Gasteiger partial charge in [-0.2, -0.15) is 0 Å². The van der Waals surface area contributed by atoms with Gasteiger partial charge in [-0.05, 0) is 37.6 Å². The van der Waals surface area contributed by atoms with Gasteiger partial charge in [0.1, 0.15) is 11.3 Å². The Kier molecular flexibility index (Phi) is 8.70. The van der Waals surface area contributed by atoms with Crippen molar-refractivity contribution in [3.63, 3.8) is 0 Å². The van der Waals surface area contributed by atoms with Crippen molar-refractivity contribution in [3.8, 4) is 5.75 Å². The van der Waals surface area contributed by atoms with Crippen LogP contribution in [0.25, 0.3) is 10.9 Å². The molecule has 0 atom stereocenters. The van der Waals surface area contributed by atoms with E-state index in [9.17, 15) is 13.2 Å². The molecule has 1 N–H and O–H groups in total. The van der Waals surface area contributed by atoms with E-state index >= 15 is 0 Å². The summed E-state index contributed by atoms with van der Waals surface area (Å²) in [4.78, 5) is 16.4. The van der Waals surface area contributed by atoms with Crippen molar-refractivity contribution >= 4 is 26.8 Å². The molecule has 0 bridgehead atoms. The highest BCUT2D eigenvalue weighted by molar-refractivity contribution is 7.90. The largest absolute Gasteiger partial charge is 0.492 e. The van der Waals surface area contributed by atoms with E-state index in [1.807, 2.05) is 6.92 Å². The standard InChI is InChI=1S/C21H30N2O4S/c1-3-5-6-7-8-9-10-13-20(24)23-28(25,26)19-15-14-18(27-4-2)21-17(19)12-11-16-22-21/h11-12,14-16H,3-10,13H2,1-2H3,(H,23,24). The summed E-state index contributed by atoms with van der Waals surface area (Å²) in [7, 11) is -3.97. The van der Waals surface area contributed by atoms with Gasteiger partial charge in [-0.1, -0.05) is 45.4 Å². The van der Waals surface area contributed by atoms with Crippen molar-refractivity contribution in [2.75, 3.05) is 6.61 Å². The molecule has 1 aromatic heterocycles. The zero-order valence-electron chi connectivity index (χ0n) is 16.7. The van der Waals surface area contributed by atoms with Crippen molar-refractivity contribution in [2.45, 2.75) is 70.1 Å². The first-order valence-electron chi connectivity index (χ1n) is 10.1. The Balaban J connectivity index is 2.01. The van der Waals surface area contributed by atoms with Crippen molar-refractivity contribution in [3.05, 3.63) is 30.5 Å². The Morgan fingerprint density at radius 1 is 1.04 bits per heavy atom. The van der Waals surface area contributed by atoms with Gasteiger partial charge >= 0.3 is 0 Å². The first-order chi connectivity index (χ1) is 13.5. The van der Waals surface area contributed by atoms with Crippen LogP contribution >= 0.6 is 0 Å². The van der Waals surface area contributed by atoms with Gasteiger partial charge in [-0.25, -0.2) is 13.1 Å². The normalized spacial score (nSPS) is 11.5. The molecule has 0 radical (unpaired) electrons. The lowest BCUT2D eigenvalue weighted by atomic mass is 10.1. The number of ether oxygens (including phenoxy) is 1. The van der Waals surface area contributed by atoms with Crippen molar-refractivity contribution < 1.29 is 17.9 Å². The molecule has 1 aromatic carbocycles. The summed E-state index contributed by atoms with van der Waals surface area (Å²) in [6, 6.07) is 6.37. The van der Waals surface area contributed by atoms with Crippen LogP contribution in [0.2, 0.25) is 0 Å². The number of nitrogens with zero attached hydrogens (tertiary/aromatic N) is 1. The molecule has 1 amide bonds. The second-order valence-corrected chi connectivity index (χ2v) is 8.45. The van der Waals surface area contributed by atoms with Gasteiger partial charge in [0.15, 0.2) is 0 Å². The van der Waals surface area contributed by atoms with E-state index in [4.69, 9.17) is 4.74 Å². The van der Waals surface area contributed by atoms with Crippen LogP contribution in [0, 0.1) is 0 Å². The molecule has 154 valence electrons. The fourth-order valence-electron chi connectivity index (χ4n) is 3.13. The summed E-state index contributed by atoms with van der Waals surface area (Å²) in [6.45, 7) is 4.48. The molecule has 6 nitrogen and oxygen atoms in total. The molecule has 2 rings (SSSR count). The zero-order chi connectivity index (χ0) is 20.4. The van der Waals surface area contributed by atoms with Crippen LogP contribution in [0.1, 0.15) is 65.2 Å². The maximum atomic E-state index is 12.7. The van der Waals surface area contributed by atoms with E-state index in [1.54, 1.807) is 24.4 Å². The Bertz CT molecular complexity index is 881. The minimum atomic E-state index is -3.97. The summed E-state index contributed by atoms with van der Waals surface area (Å²) in [5, 5.41) is 0.435. The average Bonchev–Trinajstić information content (AvgIpc) is 2.67. The minimum Gasteiger partial charge on any atom is -0.492 e. The molecule has 7 heteroatoms. The highest BCUT2D eigenvalue weighted by Gasteiger charge is 2.21. The molecule has 0 unspecified atom stereocenters. The van der Waals surface area contributed by atoms with Crippen LogP contribution in [0.5, 0.6) is 5.75 Å². The van der Waals surface area contributed by atoms with Gasteiger partial charge in [0.05, 0.1) is 11.5 Å². The van der Waals surface area contributed by atoms with Gasteiger partial charge in [0, 0.05) is 18.0 Å². The lowest BCUT2D eigenvalue weighted by Crippen LogP contribution is -2.30. The number of aromatic nitrogens is 1. The molecule has 2 aromatic rings. The second-order valence-electron chi connectivity index (χ2n) is 6.79. The van der Waals surface area contributed by atoms with E-state index in [1.165, 1.54) is 31.7 Å². The number of hydrogen-bond acceptors (Lipinski definition) is 5. The summed E-state index contributed by atoms with van der Waals surface area (Å²) < 4.78 is 33.2. The summed E-state index contributed by atoms with van der Waals surface area (Å²) in [5.41, 5.74) is 0.465. The number of unbranched alkanes of at least 4 members (excludes halogenated alkanes) is 6. The first kappa shape index (κ1) is 22.1. The third-order valence-electron chi connectivity index (χ3n) is 4.54. The van der Waals surface area contributed by atoms with E-state index < -0.39 is 15.9 Å². The zero-order valence-corrected chi connectivity index (χ0v) is 17.6. The van der Waals surface area contributed by atoms with Crippen LogP contribution in [0.4, 0.5) is 0 Å². The lowest BCUT2D eigenvalue weighted by molar-refractivity contribution is -0.119. The Hall–Kier alpha value is -2.15. The topological polar surface area (TPSA) is 85.4 Å². The Morgan fingerprint density at radius 3 is 2.46 bits per heavy atom. The Morgan fingerprint density at radius 2 is 1.75 bits per heavy atom. The molecular formula is C21H30N2O4S. The molecule has 0 saturated heterocycles. The number of amides is 1. The quantitative estimate of drug-likeness (QED) is 0.522. The van der Waals surface area contributed by atoms with Gasteiger partial charge in [-0.3, -0.25) is 9.78 Å². The third kappa shape index (κ3) is 6.19. The van der Waals surface area contributed by atoms with Crippen LogP contribution in [0.3, 0.4) is 0 Å². The van der Waals surface area contributed by atoms with E-state index in [-0.39, 0.29) is 11.3 Å². The van der Waals surface area contributed by atoms with Crippen molar-refractivity contribution in [1.29, 1.82) is 0 Å². The fraction of sp³-hybridized carbons (Fsp3) is 0.524. The molecule has 0 aliphatic carbocycles. The number of hydrogen-bond donors (Lipinski definition) is 1. The van der Waals surface area contributed by atoms with E-state index in [0.29, 0.717) is 29.7 Å².